The van der Waals surface area contributed by atoms with Gasteiger partial charge >= 0.3 is 121 Å². The zero-order chi connectivity index (χ0) is 16.1. The first-order chi connectivity index (χ1) is 11.3. The summed E-state index contributed by atoms with van der Waals surface area (Å²) >= 11 is -1.48. The molecule has 0 amide bonds. The van der Waals surface area contributed by atoms with Gasteiger partial charge in [0.25, 0.3) is 0 Å². The maximum Gasteiger partial charge on any atom is -0.0701 e. The fourth-order valence-electron chi connectivity index (χ4n) is 4.13. The molecule has 1 aliphatic heterocycles. The van der Waals surface area contributed by atoms with Crippen molar-refractivity contribution in [3.63, 3.8) is 0 Å². The van der Waals surface area contributed by atoms with E-state index < -0.39 is 16.1 Å². The van der Waals surface area contributed by atoms with Gasteiger partial charge in [0.2, 0.25) is 0 Å². The summed E-state index contributed by atoms with van der Waals surface area (Å²) in [5.41, 5.74) is 0. The summed E-state index contributed by atoms with van der Waals surface area (Å²) in [6.07, 6.45) is 15.9. The summed E-state index contributed by atoms with van der Waals surface area (Å²) < 4.78 is 4.43. The molecule has 0 radical (unpaired) electrons. The quantitative estimate of drug-likeness (QED) is 0.341. The van der Waals surface area contributed by atoms with Crippen LogP contribution in [0.25, 0.3) is 0 Å². The van der Waals surface area contributed by atoms with Gasteiger partial charge in [0.1, 0.15) is 0 Å². The van der Waals surface area contributed by atoms with Crippen LogP contribution in [0.4, 0.5) is 0 Å². The third-order valence-electron chi connectivity index (χ3n) is 5.40. The molecule has 0 aromatic heterocycles. The van der Waals surface area contributed by atoms with Gasteiger partial charge in [-0.05, 0) is 0 Å². The van der Waals surface area contributed by atoms with E-state index in [-0.39, 0.29) is 0 Å². The molecule has 1 saturated carbocycles. The van der Waals surface area contributed by atoms with Crippen molar-refractivity contribution >= 4 is 11.9 Å². The van der Waals surface area contributed by atoms with Gasteiger partial charge in [0.15, 0.2) is 0 Å². The Morgan fingerprint density at radius 2 is 1.65 bits per heavy atom. The zero-order valence-electron chi connectivity index (χ0n) is 13.8. The average molecular weight is 358 g/mol. The second-order valence-electron chi connectivity index (χ2n) is 6.81. The molecule has 0 bridgehead atoms. The van der Waals surface area contributed by atoms with Gasteiger partial charge in [0, 0.05) is 0 Å². The number of allylic oxidation sites excluding steroid dienone is 6. The average Bonchev–Trinajstić information content (AvgIpc) is 3.24. The van der Waals surface area contributed by atoms with Gasteiger partial charge in [-0.2, -0.15) is 0 Å². The third-order valence-corrected chi connectivity index (χ3v) is 19.5. The molecule has 2 aliphatic carbocycles. The van der Waals surface area contributed by atoms with E-state index in [2.05, 4.69) is 67.8 Å². The van der Waals surface area contributed by atoms with Crippen molar-refractivity contribution in [3.05, 3.63) is 79.9 Å². The number of hydrogen-bond donors (Lipinski definition) is 0. The summed E-state index contributed by atoms with van der Waals surface area (Å²) in [5, 5.41) is 1.65. The Morgan fingerprint density at radius 3 is 2.30 bits per heavy atom. The molecule has 1 aromatic carbocycles. The first-order valence-electron chi connectivity index (χ1n) is 8.71. The van der Waals surface area contributed by atoms with E-state index >= 15 is 0 Å². The minimum absolute atomic E-state index is 0.888. The molecule has 0 nitrogen and oxygen atoms in total. The first-order valence-corrected chi connectivity index (χ1v) is 15.2. The summed E-state index contributed by atoms with van der Waals surface area (Å²) in [4.78, 5) is 0. The number of rotatable bonds is 4. The second-order valence-corrected chi connectivity index (χ2v) is 19.2. The van der Waals surface area contributed by atoms with Crippen LogP contribution in [0.3, 0.4) is 0 Å². The van der Waals surface area contributed by atoms with Crippen LogP contribution < -0.4 is 5.30 Å². The number of benzene rings is 1. The topological polar surface area (TPSA) is 0 Å². The minimum Gasteiger partial charge on any atom is -0.0991 e. The SMILES string of the molecule is C1=CC2CC[CH]([Ti]3([PH]c4ccccc4)[CH2][CH2]3)C2C=C1.C=CC=C. The van der Waals surface area contributed by atoms with Crippen molar-refractivity contribution in [2.45, 2.75) is 26.5 Å². The van der Waals surface area contributed by atoms with E-state index in [4.69, 9.17) is 0 Å². The number of hydrogen-bond acceptors (Lipinski definition) is 0. The van der Waals surface area contributed by atoms with Crippen LogP contribution >= 0.6 is 6.57 Å². The van der Waals surface area contributed by atoms with Crippen molar-refractivity contribution in [3.8, 4) is 0 Å². The summed E-state index contributed by atoms with van der Waals surface area (Å²) in [6.45, 7) is 7.93. The summed E-state index contributed by atoms with van der Waals surface area (Å²) in [7, 11) is 0. The molecule has 2 fully saturated rings. The Bertz CT molecular complexity index is 592. The van der Waals surface area contributed by atoms with Crippen LogP contribution in [-0.4, -0.2) is 0 Å². The van der Waals surface area contributed by atoms with E-state index in [9.17, 15) is 0 Å². The van der Waals surface area contributed by atoms with Crippen LogP contribution in [-0.2, 0) is 16.1 Å². The molecular weight excluding hydrogens is 331 g/mol. The van der Waals surface area contributed by atoms with E-state index in [1.807, 2.05) is 0 Å². The van der Waals surface area contributed by atoms with Crippen molar-refractivity contribution in [1.82, 2.24) is 0 Å². The van der Waals surface area contributed by atoms with E-state index in [0.717, 1.165) is 16.1 Å². The Morgan fingerprint density at radius 1 is 0.957 bits per heavy atom. The maximum atomic E-state index is 3.36. The molecule has 3 aliphatic rings. The second kappa shape index (κ2) is 7.93. The van der Waals surface area contributed by atoms with E-state index in [1.54, 1.807) is 26.9 Å². The maximum absolute atomic E-state index is 3.36. The fraction of sp³-hybridized carbons (Fsp3) is 0.333. The summed E-state index contributed by atoms with van der Waals surface area (Å²) in [6, 6.07) is 11.3. The van der Waals surface area contributed by atoms with Gasteiger partial charge in [-0.25, -0.2) is 0 Å². The van der Waals surface area contributed by atoms with Crippen molar-refractivity contribution in [2.75, 3.05) is 0 Å². The van der Waals surface area contributed by atoms with Crippen molar-refractivity contribution in [2.24, 2.45) is 11.8 Å². The van der Waals surface area contributed by atoms with Gasteiger partial charge in [-0.15, -0.1) is 0 Å². The van der Waals surface area contributed by atoms with Gasteiger partial charge in [0.05, 0.1) is 0 Å². The molecule has 4 unspecified atom stereocenters. The normalized spacial score (nSPS) is 29.7. The Kier molecular flexibility index (Phi) is 5.92. The van der Waals surface area contributed by atoms with Crippen LogP contribution in [0, 0.1) is 11.8 Å². The predicted molar refractivity (Wildman–Crippen MR) is 103 cm³/mol. The predicted octanol–water partition coefficient (Wildman–Crippen LogP) is 6.21. The molecule has 1 heterocycles. The number of fused-ring (bicyclic) bond motifs is 1. The van der Waals surface area contributed by atoms with Gasteiger partial charge in [-0.1, -0.05) is 25.3 Å². The van der Waals surface area contributed by atoms with Crippen LogP contribution in [0.5, 0.6) is 0 Å². The van der Waals surface area contributed by atoms with E-state index in [1.165, 1.54) is 19.4 Å². The van der Waals surface area contributed by atoms with Gasteiger partial charge < -0.3 is 0 Å². The molecule has 4 rings (SSSR count). The largest absolute Gasteiger partial charge is 0.0991 e. The zero-order valence-corrected chi connectivity index (χ0v) is 16.4. The summed E-state index contributed by atoms with van der Waals surface area (Å²) in [5.74, 6) is 1.81. The minimum atomic E-state index is -1.48. The molecule has 2 heteroatoms. The third kappa shape index (κ3) is 4.05. The van der Waals surface area contributed by atoms with Crippen molar-refractivity contribution in [1.29, 1.82) is 0 Å². The molecule has 0 spiro atoms. The molecule has 1 saturated heterocycles. The molecule has 4 atom stereocenters. The van der Waals surface area contributed by atoms with Gasteiger partial charge in [-0.3, -0.25) is 0 Å². The molecule has 1 aromatic rings. The van der Waals surface area contributed by atoms with Crippen LogP contribution in [0.2, 0.25) is 13.7 Å². The Balaban J connectivity index is 0.000000354. The van der Waals surface area contributed by atoms with E-state index in [0.29, 0.717) is 0 Å². The molecule has 120 valence electrons. The van der Waals surface area contributed by atoms with Crippen LogP contribution in [0.15, 0.2) is 79.9 Å². The molecular formula is C21H27PTi. The molecule has 23 heavy (non-hydrogen) atoms. The Labute approximate surface area is 146 Å². The molecule has 0 N–H and O–H groups in total. The standard InChI is InChI=1S/C9H11.C6H6P.C4H6.C2H4.Ti/c1-2-5-9-7-3-6-8(9)4-1;7-6-4-2-1-3-5-6;1-3-4-2;1-2;/h1-2,4-6,8-9H,3,7H2;1-5,7H;3-4H,1-2H2;1-2H2;/q;-1;;;+1. The Hall–Kier alpha value is -0.676. The smallest absolute Gasteiger partial charge is 0.0701 e. The first kappa shape index (κ1) is 17.2. The monoisotopic (exact) mass is 358 g/mol. The van der Waals surface area contributed by atoms with Crippen molar-refractivity contribution < 1.29 is 16.1 Å². The fourth-order valence-corrected chi connectivity index (χ4v) is 20.7. The van der Waals surface area contributed by atoms with Crippen LogP contribution in [0.1, 0.15) is 12.8 Å².